The number of methoxy groups -OCH3 is 4. The summed E-state index contributed by atoms with van der Waals surface area (Å²) < 4.78 is 34.2. The first-order chi connectivity index (χ1) is 20.2. The molecular formula is C29H40N2O11. The fraction of sp³-hybridized carbons (Fsp3) is 0.690. The van der Waals surface area contributed by atoms with Gasteiger partial charge < -0.3 is 54.2 Å². The lowest BCUT2D eigenvalue weighted by atomic mass is 9.69. The van der Waals surface area contributed by atoms with Gasteiger partial charge in [0.15, 0.2) is 17.8 Å². The predicted molar refractivity (Wildman–Crippen MR) is 147 cm³/mol. The van der Waals surface area contributed by atoms with Gasteiger partial charge in [-0.25, -0.2) is 0 Å². The topological polar surface area (TPSA) is 169 Å². The van der Waals surface area contributed by atoms with Crippen molar-refractivity contribution in [1.82, 2.24) is 4.90 Å². The van der Waals surface area contributed by atoms with Crippen molar-refractivity contribution < 1.29 is 53.6 Å². The number of benzene rings is 1. The zero-order chi connectivity index (χ0) is 29.9. The summed E-state index contributed by atoms with van der Waals surface area (Å²) in [6.45, 7) is 0.749. The third kappa shape index (κ3) is 4.17. The van der Waals surface area contributed by atoms with Gasteiger partial charge in [-0.05, 0) is 18.8 Å². The van der Waals surface area contributed by atoms with Gasteiger partial charge in [-0.15, -0.1) is 0 Å². The second-order valence-electron chi connectivity index (χ2n) is 11.7. The van der Waals surface area contributed by atoms with Crippen LogP contribution in [0.25, 0.3) is 0 Å². The molecule has 6 aliphatic rings. The number of nitrogens with one attached hydrogen (secondary N) is 1. The highest BCUT2D eigenvalue weighted by Crippen LogP contribution is 2.64. The number of rotatable bonds is 9. The Hall–Kier alpha value is -2.49. The van der Waals surface area contributed by atoms with Crippen LogP contribution in [-0.4, -0.2) is 129 Å². The Balaban J connectivity index is 1.36. The van der Waals surface area contributed by atoms with Crippen LogP contribution in [0, 0.1) is 11.8 Å². The van der Waals surface area contributed by atoms with E-state index in [0.717, 1.165) is 5.56 Å². The molecule has 1 amide bonds. The molecule has 13 nitrogen and oxygen atoms in total. The van der Waals surface area contributed by atoms with Crippen molar-refractivity contribution in [3.05, 3.63) is 23.3 Å². The highest BCUT2D eigenvalue weighted by Gasteiger charge is 2.69. The molecule has 232 valence electrons. The highest BCUT2D eigenvalue weighted by molar-refractivity contribution is 6.10. The molecule has 5 N–H and O–H groups in total. The minimum Gasteiger partial charge on any atom is -0.494 e. The molecular weight excluding hydrogens is 552 g/mol. The summed E-state index contributed by atoms with van der Waals surface area (Å²) in [6, 6.07) is 1.53. The van der Waals surface area contributed by atoms with E-state index in [4.69, 9.17) is 28.4 Å². The summed E-state index contributed by atoms with van der Waals surface area (Å²) >= 11 is 0. The quantitative estimate of drug-likeness (QED) is 0.231. The fourth-order valence-corrected chi connectivity index (χ4v) is 8.07. The van der Waals surface area contributed by atoms with Crippen LogP contribution in [0.4, 0.5) is 5.69 Å². The van der Waals surface area contributed by atoms with Crippen molar-refractivity contribution in [2.75, 3.05) is 60.1 Å². The molecule has 1 unspecified atom stereocenters. The largest absolute Gasteiger partial charge is 0.494 e. The van der Waals surface area contributed by atoms with Crippen LogP contribution >= 0.6 is 0 Å². The second kappa shape index (κ2) is 11.2. The van der Waals surface area contributed by atoms with Crippen LogP contribution < -0.4 is 19.5 Å². The van der Waals surface area contributed by atoms with E-state index in [1.165, 1.54) is 5.57 Å². The number of nitrogens with zero attached hydrogens (tertiary/aromatic N) is 1. The summed E-state index contributed by atoms with van der Waals surface area (Å²) in [6.07, 6.45) is -3.54. The van der Waals surface area contributed by atoms with Crippen molar-refractivity contribution in [2.45, 2.75) is 61.0 Å². The summed E-state index contributed by atoms with van der Waals surface area (Å²) in [5.74, 6) is 1.34. The summed E-state index contributed by atoms with van der Waals surface area (Å²) in [7, 11) is 6.32. The van der Waals surface area contributed by atoms with Gasteiger partial charge in [-0.2, -0.15) is 0 Å². The molecule has 4 bridgehead atoms. The van der Waals surface area contributed by atoms with Gasteiger partial charge in [0.05, 0.1) is 52.3 Å². The van der Waals surface area contributed by atoms with Crippen LogP contribution in [0.15, 0.2) is 17.7 Å². The first-order valence-corrected chi connectivity index (χ1v) is 14.3. The maximum Gasteiger partial charge on any atom is 0.237 e. The van der Waals surface area contributed by atoms with Crippen molar-refractivity contribution in [3.63, 3.8) is 0 Å². The summed E-state index contributed by atoms with van der Waals surface area (Å²) in [4.78, 5) is 16.4. The smallest absolute Gasteiger partial charge is 0.237 e. The minimum atomic E-state index is -1.53. The lowest BCUT2D eigenvalue weighted by Crippen LogP contribution is -2.61. The van der Waals surface area contributed by atoms with Crippen LogP contribution in [0.5, 0.6) is 17.2 Å². The third-order valence-corrected chi connectivity index (χ3v) is 10.0. The molecule has 0 radical (unpaired) electrons. The van der Waals surface area contributed by atoms with Gasteiger partial charge in [0, 0.05) is 43.3 Å². The molecule has 1 aromatic rings. The van der Waals surface area contributed by atoms with E-state index >= 15 is 0 Å². The molecule has 11 atom stereocenters. The molecule has 13 heteroatoms. The molecule has 1 aromatic carbocycles. The molecule has 0 aromatic heterocycles. The molecule has 0 saturated carbocycles. The average Bonchev–Trinajstić information content (AvgIpc) is 3.44. The second-order valence-corrected chi connectivity index (χ2v) is 11.7. The van der Waals surface area contributed by atoms with E-state index in [1.807, 2.05) is 0 Å². The molecule has 0 aliphatic carbocycles. The van der Waals surface area contributed by atoms with Crippen molar-refractivity contribution in [1.29, 1.82) is 0 Å². The number of carbonyl (C=O) groups is 1. The van der Waals surface area contributed by atoms with E-state index in [-0.39, 0.29) is 36.4 Å². The van der Waals surface area contributed by atoms with Gasteiger partial charge in [-0.1, -0.05) is 11.6 Å². The van der Waals surface area contributed by atoms with Crippen LogP contribution in [0.2, 0.25) is 0 Å². The van der Waals surface area contributed by atoms with Gasteiger partial charge in [0.1, 0.15) is 30.2 Å². The highest BCUT2D eigenvalue weighted by atomic mass is 16.7. The number of aliphatic hydroxyl groups excluding tert-OH is 4. The van der Waals surface area contributed by atoms with Gasteiger partial charge in [-0.3, -0.25) is 9.69 Å². The van der Waals surface area contributed by atoms with E-state index in [2.05, 4.69) is 16.3 Å². The van der Waals surface area contributed by atoms with Gasteiger partial charge in [0.25, 0.3) is 0 Å². The molecule has 1 spiro atoms. The van der Waals surface area contributed by atoms with Crippen LogP contribution in [0.1, 0.15) is 18.4 Å². The fourth-order valence-electron chi connectivity index (χ4n) is 8.07. The summed E-state index contributed by atoms with van der Waals surface area (Å²) in [5.41, 5.74) is 1.60. The number of ether oxygens (including phenoxy) is 6. The molecule has 6 heterocycles. The van der Waals surface area contributed by atoms with Crippen molar-refractivity contribution in [3.8, 4) is 17.2 Å². The monoisotopic (exact) mass is 592 g/mol. The van der Waals surface area contributed by atoms with Crippen molar-refractivity contribution in [2.24, 2.45) is 11.8 Å². The average molecular weight is 593 g/mol. The van der Waals surface area contributed by atoms with Gasteiger partial charge in [0.2, 0.25) is 5.91 Å². The number of hydrogen-bond acceptors (Lipinski definition) is 12. The first kappa shape index (κ1) is 29.6. The Morgan fingerprint density at radius 2 is 1.86 bits per heavy atom. The predicted octanol–water partition coefficient (Wildman–Crippen LogP) is -0.616. The normalized spacial score (nSPS) is 40.9. The number of fused-ring (bicyclic) bond motifs is 3. The number of piperidine rings is 3. The molecule has 6 aliphatic heterocycles. The zero-order valence-corrected chi connectivity index (χ0v) is 24.2. The molecule has 5 saturated heterocycles. The lowest BCUT2D eigenvalue weighted by Gasteiger charge is -2.53. The third-order valence-electron chi connectivity index (χ3n) is 10.0. The lowest BCUT2D eigenvalue weighted by molar-refractivity contribution is -0.305. The van der Waals surface area contributed by atoms with E-state index in [9.17, 15) is 25.2 Å². The maximum absolute atomic E-state index is 14.1. The number of amides is 1. The Morgan fingerprint density at radius 1 is 1.10 bits per heavy atom. The number of aliphatic hydroxyl groups is 4. The van der Waals surface area contributed by atoms with Gasteiger partial charge >= 0.3 is 0 Å². The molecule has 42 heavy (non-hydrogen) atoms. The van der Waals surface area contributed by atoms with E-state index in [1.54, 1.807) is 34.5 Å². The minimum absolute atomic E-state index is 0.0553. The zero-order valence-electron chi connectivity index (χ0n) is 24.2. The maximum atomic E-state index is 14.1. The number of hydrogen-bond donors (Lipinski definition) is 5. The van der Waals surface area contributed by atoms with Crippen LogP contribution in [0.3, 0.4) is 0 Å². The van der Waals surface area contributed by atoms with E-state index in [0.29, 0.717) is 48.9 Å². The number of carbonyl (C=O) groups excluding carboxylic acids is 1. The summed E-state index contributed by atoms with van der Waals surface area (Å²) in [5, 5.41) is 43.7. The number of anilines is 1. The SMILES string of the molecule is COC/C=C1/CN2[C@H]3C[C@@H]1[C@H](CO[C@@H]1O[C@H](CO)[C@@H](O)[C@H](O)[C@H]1O)[C@@H]2C[C@@]31C(=O)Nc2c(OC)cc(OC)c(OC)c21. The Kier molecular flexibility index (Phi) is 7.90. The Bertz CT molecular complexity index is 1240. The Morgan fingerprint density at radius 3 is 2.52 bits per heavy atom. The molecule has 5 fully saturated rings. The standard InChI is InChI=1S/C29H40N2O11/c1-37-6-5-13-10-31-16-9-29(21-22(30-28(29)36)17(38-2)8-18(39-3)26(21)40-4)20(31)7-14(13)15(16)12-41-27-25(35)24(34)23(33)19(11-32)42-27/h5,8,14-16,19-20,23-25,27,32-35H,6-7,9-12H2,1-4H3,(H,30,36)/b13-5-/t14-,15-,16-,19+,20-,23+,24-,25+,27+,29+/m0/s1. The Labute approximate surface area is 243 Å². The molecule has 7 rings (SSSR count). The van der Waals surface area contributed by atoms with E-state index < -0.39 is 42.7 Å². The van der Waals surface area contributed by atoms with Crippen LogP contribution in [-0.2, 0) is 24.4 Å². The first-order valence-electron chi connectivity index (χ1n) is 14.3. The van der Waals surface area contributed by atoms with Crippen molar-refractivity contribution >= 4 is 11.6 Å².